The normalized spacial score (nSPS) is 30.1. The molecule has 0 spiro atoms. The third-order valence-corrected chi connectivity index (χ3v) is 11.5. The Morgan fingerprint density at radius 1 is 1.07 bits per heavy atom. The number of methoxy groups -OCH3 is 1. The number of ether oxygens (including phenoxy) is 3. The van der Waals surface area contributed by atoms with Crippen LogP contribution in [0.4, 0.5) is 0 Å². The monoisotopic (exact) mass is 400 g/mol. The minimum Gasteiger partial charge on any atom is -0.413 e. The van der Waals surface area contributed by atoms with E-state index >= 15 is 0 Å². The van der Waals surface area contributed by atoms with Crippen molar-refractivity contribution in [1.29, 1.82) is 0 Å². The first-order valence-corrected chi connectivity index (χ1v) is 13.8. The zero-order valence-corrected chi connectivity index (χ0v) is 20.3. The average molecular weight is 401 g/mol. The molecule has 0 amide bonds. The third-order valence-electron chi connectivity index (χ3n) is 7.07. The van der Waals surface area contributed by atoms with Gasteiger partial charge in [-0.1, -0.05) is 47.0 Å². The maximum absolute atomic E-state index is 7.08. The van der Waals surface area contributed by atoms with E-state index in [9.17, 15) is 0 Å². The smallest absolute Gasteiger partial charge is 0.192 e. The standard InChI is InChI=1S/C22H44O4Si/c1-16(20-18(23-7)15-24-22(5,6)25-20)19(17-13-11-10-12-14-17)26-27(8,9)21(2,3)4/h16-20H,10-15H2,1-9H3/t16-,18+,19+,20-/m1/s1. The Morgan fingerprint density at radius 3 is 2.19 bits per heavy atom. The summed E-state index contributed by atoms with van der Waals surface area (Å²) < 4.78 is 25.1. The first kappa shape index (κ1) is 23.3. The summed E-state index contributed by atoms with van der Waals surface area (Å²) in [7, 11) is -0.110. The summed E-state index contributed by atoms with van der Waals surface area (Å²) in [6, 6.07) is 0. The number of hydrogen-bond acceptors (Lipinski definition) is 4. The molecule has 0 aromatic rings. The summed E-state index contributed by atoms with van der Waals surface area (Å²) in [4.78, 5) is 0. The Hall–Kier alpha value is 0.0569. The van der Waals surface area contributed by atoms with Gasteiger partial charge < -0.3 is 18.6 Å². The fraction of sp³-hybridized carbons (Fsp3) is 1.00. The molecule has 27 heavy (non-hydrogen) atoms. The molecule has 2 fully saturated rings. The highest BCUT2D eigenvalue weighted by Gasteiger charge is 2.47. The molecule has 1 heterocycles. The summed E-state index contributed by atoms with van der Waals surface area (Å²) in [5.74, 6) is 0.326. The highest BCUT2D eigenvalue weighted by atomic mass is 28.4. The summed E-state index contributed by atoms with van der Waals surface area (Å²) in [6.45, 7) is 18.6. The molecule has 4 atom stereocenters. The lowest BCUT2D eigenvalue weighted by atomic mass is 9.78. The topological polar surface area (TPSA) is 36.9 Å². The Labute approximate surface area is 168 Å². The van der Waals surface area contributed by atoms with Gasteiger partial charge in [0.05, 0.1) is 18.8 Å². The summed E-state index contributed by atoms with van der Waals surface area (Å²) in [5, 5.41) is 0.204. The second-order valence-electron chi connectivity index (χ2n) is 10.7. The van der Waals surface area contributed by atoms with Gasteiger partial charge in [0.15, 0.2) is 14.1 Å². The molecule has 5 heteroatoms. The fourth-order valence-electron chi connectivity index (χ4n) is 4.26. The molecule has 1 saturated heterocycles. The molecule has 0 radical (unpaired) electrons. The zero-order chi connectivity index (χ0) is 20.5. The van der Waals surface area contributed by atoms with Gasteiger partial charge in [-0.25, -0.2) is 0 Å². The largest absolute Gasteiger partial charge is 0.413 e. The van der Waals surface area contributed by atoms with Gasteiger partial charge in [-0.2, -0.15) is 0 Å². The van der Waals surface area contributed by atoms with Crippen LogP contribution in [0.2, 0.25) is 18.1 Å². The maximum Gasteiger partial charge on any atom is 0.192 e. The molecule has 0 bridgehead atoms. The molecule has 160 valence electrons. The molecule has 1 saturated carbocycles. The first-order valence-electron chi connectivity index (χ1n) is 10.9. The molecule has 2 aliphatic rings. The second kappa shape index (κ2) is 8.82. The van der Waals surface area contributed by atoms with Gasteiger partial charge in [0.25, 0.3) is 0 Å². The van der Waals surface area contributed by atoms with Gasteiger partial charge in [0, 0.05) is 13.0 Å². The van der Waals surface area contributed by atoms with Crippen molar-refractivity contribution in [1.82, 2.24) is 0 Å². The van der Waals surface area contributed by atoms with Crippen molar-refractivity contribution in [3.05, 3.63) is 0 Å². The molecule has 1 aliphatic carbocycles. The van der Waals surface area contributed by atoms with Gasteiger partial charge in [0.2, 0.25) is 0 Å². The molecule has 4 nitrogen and oxygen atoms in total. The van der Waals surface area contributed by atoms with E-state index in [1.807, 2.05) is 13.8 Å². The van der Waals surface area contributed by atoms with Crippen LogP contribution in [0.25, 0.3) is 0 Å². The van der Waals surface area contributed by atoms with Crippen molar-refractivity contribution in [3.8, 4) is 0 Å². The molecule has 0 aromatic carbocycles. The lowest BCUT2D eigenvalue weighted by molar-refractivity contribution is -0.320. The SMILES string of the molecule is CO[C@H]1COC(C)(C)O[C@@H]1[C@H](C)[C@H](O[Si](C)(C)C(C)(C)C)C1CCCCC1. The number of hydrogen-bond donors (Lipinski definition) is 0. The van der Waals surface area contributed by atoms with Crippen molar-refractivity contribution in [2.45, 2.75) is 116 Å². The lowest BCUT2D eigenvalue weighted by Gasteiger charge is -2.49. The number of rotatable bonds is 6. The van der Waals surface area contributed by atoms with Crippen molar-refractivity contribution in [3.63, 3.8) is 0 Å². The Morgan fingerprint density at radius 2 is 1.67 bits per heavy atom. The zero-order valence-electron chi connectivity index (χ0n) is 19.3. The van der Waals surface area contributed by atoms with Crippen molar-refractivity contribution in [2.24, 2.45) is 11.8 Å². The quantitative estimate of drug-likeness (QED) is 0.531. The van der Waals surface area contributed by atoms with Gasteiger partial charge in [-0.3, -0.25) is 0 Å². The molecule has 0 N–H and O–H groups in total. The minimum absolute atomic E-state index is 0.00422. The van der Waals surface area contributed by atoms with Crippen LogP contribution in [0.1, 0.15) is 73.6 Å². The van der Waals surface area contributed by atoms with E-state index in [4.69, 9.17) is 18.6 Å². The van der Waals surface area contributed by atoms with Crippen LogP contribution in [0.3, 0.4) is 0 Å². The van der Waals surface area contributed by atoms with E-state index in [-0.39, 0.29) is 29.3 Å². The molecule has 2 rings (SSSR count). The maximum atomic E-state index is 7.08. The first-order chi connectivity index (χ1) is 12.4. The highest BCUT2D eigenvalue weighted by Crippen LogP contribution is 2.43. The molecule has 1 aliphatic heterocycles. The predicted molar refractivity (Wildman–Crippen MR) is 114 cm³/mol. The fourth-order valence-corrected chi connectivity index (χ4v) is 5.70. The lowest BCUT2D eigenvalue weighted by Crippen LogP contribution is -2.57. The molecular weight excluding hydrogens is 356 g/mol. The Balaban J connectivity index is 2.27. The van der Waals surface area contributed by atoms with Crippen LogP contribution >= 0.6 is 0 Å². The highest BCUT2D eigenvalue weighted by molar-refractivity contribution is 6.74. The van der Waals surface area contributed by atoms with E-state index in [1.54, 1.807) is 7.11 Å². The van der Waals surface area contributed by atoms with Crippen LogP contribution in [0.15, 0.2) is 0 Å². The van der Waals surface area contributed by atoms with Crippen LogP contribution in [-0.4, -0.2) is 46.1 Å². The van der Waals surface area contributed by atoms with Gasteiger partial charge in [-0.15, -0.1) is 0 Å². The third kappa shape index (κ3) is 5.78. The summed E-state index contributed by atoms with van der Waals surface area (Å²) in [6.07, 6.45) is 6.73. The average Bonchev–Trinajstić information content (AvgIpc) is 2.58. The van der Waals surface area contributed by atoms with E-state index < -0.39 is 14.1 Å². The van der Waals surface area contributed by atoms with E-state index in [1.165, 1.54) is 32.1 Å². The predicted octanol–water partition coefficient (Wildman–Crippen LogP) is 5.76. The van der Waals surface area contributed by atoms with Gasteiger partial charge in [0.1, 0.15) is 6.10 Å². The van der Waals surface area contributed by atoms with Crippen LogP contribution in [0, 0.1) is 11.8 Å². The molecule has 0 unspecified atom stereocenters. The van der Waals surface area contributed by atoms with Crippen molar-refractivity contribution >= 4 is 8.32 Å². The summed E-state index contributed by atoms with van der Waals surface area (Å²) in [5.41, 5.74) is 0. The van der Waals surface area contributed by atoms with E-state index in [0.717, 1.165) is 0 Å². The Bertz CT molecular complexity index is 465. The summed E-state index contributed by atoms with van der Waals surface area (Å²) >= 11 is 0. The minimum atomic E-state index is -1.87. The van der Waals surface area contributed by atoms with Crippen molar-refractivity contribution in [2.75, 3.05) is 13.7 Å². The van der Waals surface area contributed by atoms with E-state index in [2.05, 4.69) is 40.8 Å². The van der Waals surface area contributed by atoms with E-state index in [0.29, 0.717) is 12.5 Å². The Kier molecular flexibility index (Phi) is 7.63. The van der Waals surface area contributed by atoms with Crippen molar-refractivity contribution < 1.29 is 18.6 Å². The molecule has 0 aromatic heterocycles. The molecular formula is C22H44O4Si. The van der Waals surface area contributed by atoms with Gasteiger partial charge in [-0.05, 0) is 50.7 Å². The van der Waals surface area contributed by atoms with Crippen LogP contribution < -0.4 is 0 Å². The van der Waals surface area contributed by atoms with Crippen LogP contribution in [-0.2, 0) is 18.6 Å². The second-order valence-corrected chi connectivity index (χ2v) is 15.4. The van der Waals surface area contributed by atoms with Gasteiger partial charge >= 0.3 is 0 Å². The van der Waals surface area contributed by atoms with Crippen LogP contribution in [0.5, 0.6) is 0 Å².